The predicted molar refractivity (Wildman–Crippen MR) is 136 cm³/mol. The SMILES string of the molecule is CN=C(NCC1CN2CCCC2CO1)NCC(c1ccc(OC)cc1)N1CCCC1.I. The molecule has 1 aromatic rings. The third-order valence-electron chi connectivity index (χ3n) is 6.73. The van der Waals surface area contributed by atoms with Crippen LogP contribution in [-0.2, 0) is 4.74 Å². The van der Waals surface area contributed by atoms with Crippen LogP contribution in [0.15, 0.2) is 29.3 Å². The minimum absolute atomic E-state index is 0. The van der Waals surface area contributed by atoms with E-state index in [0.29, 0.717) is 12.1 Å². The van der Waals surface area contributed by atoms with Gasteiger partial charge < -0.3 is 20.1 Å². The zero-order valence-corrected chi connectivity index (χ0v) is 21.2. The van der Waals surface area contributed by atoms with Gasteiger partial charge in [-0.05, 0) is 63.0 Å². The molecule has 174 valence electrons. The summed E-state index contributed by atoms with van der Waals surface area (Å²) in [4.78, 5) is 9.60. The molecule has 1 aromatic carbocycles. The van der Waals surface area contributed by atoms with Crippen molar-refractivity contribution >= 4 is 29.9 Å². The van der Waals surface area contributed by atoms with E-state index in [2.05, 4.69) is 49.7 Å². The Hall–Kier alpha value is -1.10. The van der Waals surface area contributed by atoms with Crippen molar-refractivity contribution in [2.45, 2.75) is 43.9 Å². The molecule has 3 fully saturated rings. The Labute approximate surface area is 204 Å². The third kappa shape index (κ3) is 6.46. The monoisotopic (exact) mass is 543 g/mol. The maximum atomic E-state index is 6.08. The molecule has 3 heterocycles. The highest BCUT2D eigenvalue weighted by atomic mass is 127. The molecule has 3 aliphatic heterocycles. The quantitative estimate of drug-likeness (QED) is 0.313. The number of hydrogen-bond acceptors (Lipinski definition) is 5. The van der Waals surface area contributed by atoms with Crippen LogP contribution < -0.4 is 15.4 Å². The first kappa shape index (κ1) is 24.5. The minimum atomic E-state index is 0. The van der Waals surface area contributed by atoms with E-state index in [1.165, 1.54) is 37.8 Å². The van der Waals surface area contributed by atoms with Crippen LogP contribution in [0.5, 0.6) is 5.75 Å². The number of likely N-dealkylation sites (tertiary alicyclic amines) is 1. The van der Waals surface area contributed by atoms with E-state index in [0.717, 1.165) is 51.0 Å². The Balaban J connectivity index is 0.00000272. The van der Waals surface area contributed by atoms with Crippen LogP contribution in [0.25, 0.3) is 0 Å². The summed E-state index contributed by atoms with van der Waals surface area (Å²) in [6.45, 7) is 7.03. The van der Waals surface area contributed by atoms with Crippen molar-refractivity contribution in [1.82, 2.24) is 20.4 Å². The van der Waals surface area contributed by atoms with Gasteiger partial charge in [-0.15, -0.1) is 24.0 Å². The summed E-state index contributed by atoms with van der Waals surface area (Å²) in [5.41, 5.74) is 1.32. The molecule has 0 radical (unpaired) electrons. The normalized spacial score (nSPS) is 25.5. The molecule has 2 N–H and O–H groups in total. The van der Waals surface area contributed by atoms with E-state index in [1.807, 2.05) is 7.05 Å². The second-order valence-corrected chi connectivity index (χ2v) is 8.61. The first-order chi connectivity index (χ1) is 14.8. The average molecular weight is 543 g/mol. The van der Waals surface area contributed by atoms with Gasteiger partial charge in [0, 0.05) is 32.7 Å². The highest BCUT2D eigenvalue weighted by Crippen LogP contribution is 2.26. The van der Waals surface area contributed by atoms with Gasteiger partial charge in [-0.3, -0.25) is 14.8 Å². The fourth-order valence-corrected chi connectivity index (χ4v) is 4.97. The molecular weight excluding hydrogens is 505 g/mol. The number of benzene rings is 1. The van der Waals surface area contributed by atoms with E-state index < -0.39 is 0 Å². The Morgan fingerprint density at radius 2 is 1.94 bits per heavy atom. The smallest absolute Gasteiger partial charge is 0.191 e. The second-order valence-electron chi connectivity index (χ2n) is 8.61. The molecule has 0 amide bonds. The maximum Gasteiger partial charge on any atom is 0.191 e. The second kappa shape index (κ2) is 12.2. The Morgan fingerprint density at radius 3 is 2.65 bits per heavy atom. The van der Waals surface area contributed by atoms with Gasteiger partial charge >= 0.3 is 0 Å². The predicted octanol–water partition coefficient (Wildman–Crippen LogP) is 2.48. The van der Waals surface area contributed by atoms with Crippen LogP contribution in [0.4, 0.5) is 0 Å². The molecule has 3 saturated heterocycles. The molecule has 0 bridgehead atoms. The fourth-order valence-electron chi connectivity index (χ4n) is 4.97. The molecule has 3 unspecified atom stereocenters. The van der Waals surface area contributed by atoms with Crippen LogP contribution >= 0.6 is 24.0 Å². The summed E-state index contributed by atoms with van der Waals surface area (Å²) >= 11 is 0. The molecule has 0 saturated carbocycles. The topological polar surface area (TPSA) is 61.4 Å². The van der Waals surface area contributed by atoms with Crippen molar-refractivity contribution in [2.24, 2.45) is 4.99 Å². The lowest BCUT2D eigenvalue weighted by Crippen LogP contribution is -2.52. The summed E-state index contributed by atoms with van der Waals surface area (Å²) in [6, 6.07) is 9.44. The largest absolute Gasteiger partial charge is 0.497 e. The summed E-state index contributed by atoms with van der Waals surface area (Å²) in [7, 11) is 3.55. The third-order valence-corrected chi connectivity index (χ3v) is 6.73. The Kier molecular flexibility index (Phi) is 9.68. The van der Waals surface area contributed by atoms with Crippen molar-refractivity contribution in [3.05, 3.63) is 29.8 Å². The van der Waals surface area contributed by atoms with E-state index >= 15 is 0 Å². The number of morpholine rings is 1. The van der Waals surface area contributed by atoms with Crippen LogP contribution in [0, 0.1) is 0 Å². The number of nitrogens with one attached hydrogen (secondary N) is 2. The molecule has 4 rings (SSSR count). The molecule has 7 nitrogen and oxygen atoms in total. The maximum absolute atomic E-state index is 6.08. The van der Waals surface area contributed by atoms with Crippen molar-refractivity contribution in [2.75, 3.05) is 60.0 Å². The number of halogens is 1. The van der Waals surface area contributed by atoms with E-state index in [9.17, 15) is 0 Å². The molecule has 0 spiro atoms. The van der Waals surface area contributed by atoms with E-state index in [-0.39, 0.29) is 30.1 Å². The fraction of sp³-hybridized carbons (Fsp3) is 0.696. The zero-order valence-electron chi connectivity index (χ0n) is 18.9. The lowest BCUT2D eigenvalue weighted by Gasteiger charge is -2.35. The molecule has 31 heavy (non-hydrogen) atoms. The average Bonchev–Trinajstić information content (AvgIpc) is 3.48. The zero-order chi connectivity index (χ0) is 20.8. The number of hydrogen-bond donors (Lipinski definition) is 2. The van der Waals surface area contributed by atoms with Gasteiger partial charge in [-0.2, -0.15) is 0 Å². The lowest BCUT2D eigenvalue weighted by molar-refractivity contribution is -0.0453. The van der Waals surface area contributed by atoms with Crippen molar-refractivity contribution in [1.29, 1.82) is 0 Å². The van der Waals surface area contributed by atoms with Crippen molar-refractivity contribution in [3.8, 4) is 5.75 Å². The van der Waals surface area contributed by atoms with Crippen LogP contribution in [0.1, 0.15) is 37.3 Å². The Bertz CT molecular complexity index is 696. The Morgan fingerprint density at radius 1 is 1.16 bits per heavy atom. The van der Waals surface area contributed by atoms with Gasteiger partial charge in [0.25, 0.3) is 0 Å². The minimum Gasteiger partial charge on any atom is -0.497 e. The number of guanidine groups is 1. The van der Waals surface area contributed by atoms with Crippen LogP contribution in [0.3, 0.4) is 0 Å². The standard InChI is InChI=1S/C23H37N5O2.HI/c1-24-23(25-14-21-16-28-13-5-6-19(28)17-30-21)26-15-22(27-11-3-4-12-27)18-7-9-20(29-2)10-8-18;/h7-10,19,21-22H,3-6,11-17H2,1-2H3,(H2,24,25,26);1H. The van der Waals surface area contributed by atoms with E-state index in [4.69, 9.17) is 9.47 Å². The summed E-state index contributed by atoms with van der Waals surface area (Å²) in [6.07, 6.45) is 5.37. The van der Waals surface area contributed by atoms with Crippen molar-refractivity contribution < 1.29 is 9.47 Å². The molecule has 0 aromatic heterocycles. The lowest BCUT2D eigenvalue weighted by atomic mass is 10.1. The van der Waals surface area contributed by atoms with Gasteiger partial charge in [0.2, 0.25) is 0 Å². The highest BCUT2D eigenvalue weighted by Gasteiger charge is 2.32. The molecule has 3 aliphatic rings. The number of ether oxygens (including phenoxy) is 2. The van der Waals surface area contributed by atoms with Crippen molar-refractivity contribution in [3.63, 3.8) is 0 Å². The summed E-state index contributed by atoms with van der Waals surface area (Å²) < 4.78 is 11.4. The number of methoxy groups -OCH3 is 1. The number of nitrogens with zero attached hydrogens (tertiary/aromatic N) is 3. The van der Waals surface area contributed by atoms with Gasteiger partial charge in [-0.25, -0.2) is 0 Å². The van der Waals surface area contributed by atoms with E-state index in [1.54, 1.807) is 7.11 Å². The first-order valence-corrected chi connectivity index (χ1v) is 11.4. The van der Waals surface area contributed by atoms with Gasteiger partial charge in [-0.1, -0.05) is 12.1 Å². The first-order valence-electron chi connectivity index (χ1n) is 11.4. The number of fused-ring (bicyclic) bond motifs is 1. The molecule has 0 aliphatic carbocycles. The highest BCUT2D eigenvalue weighted by molar-refractivity contribution is 14.0. The summed E-state index contributed by atoms with van der Waals surface area (Å²) in [5.74, 6) is 1.75. The van der Waals surface area contributed by atoms with Crippen LogP contribution in [-0.4, -0.2) is 87.9 Å². The number of rotatable bonds is 7. The number of aliphatic imine (C=N–C) groups is 1. The molecule has 3 atom stereocenters. The van der Waals surface area contributed by atoms with Crippen LogP contribution in [0.2, 0.25) is 0 Å². The molecular formula is C23H38IN5O2. The van der Waals surface area contributed by atoms with Gasteiger partial charge in [0.05, 0.1) is 25.9 Å². The van der Waals surface area contributed by atoms with Gasteiger partial charge in [0.1, 0.15) is 5.75 Å². The summed E-state index contributed by atoms with van der Waals surface area (Å²) in [5, 5.41) is 7.04. The van der Waals surface area contributed by atoms with Gasteiger partial charge in [0.15, 0.2) is 5.96 Å². The molecule has 8 heteroatoms.